The van der Waals surface area contributed by atoms with Crippen molar-refractivity contribution in [3.05, 3.63) is 40.7 Å². The number of thiazole rings is 1. The molecular formula is C15H15NOS. The highest BCUT2D eigenvalue weighted by atomic mass is 32.1. The third-order valence-electron chi connectivity index (χ3n) is 3.47. The predicted octanol–water partition coefficient (Wildman–Crippen LogP) is 3.72. The number of ketones is 1. The summed E-state index contributed by atoms with van der Waals surface area (Å²) in [5.41, 5.74) is 2.18. The Bertz CT molecular complexity index is 547. The van der Waals surface area contributed by atoms with Crippen LogP contribution in [0.4, 0.5) is 0 Å². The van der Waals surface area contributed by atoms with Gasteiger partial charge in [0.25, 0.3) is 0 Å². The maximum absolute atomic E-state index is 11.6. The van der Waals surface area contributed by atoms with E-state index < -0.39 is 0 Å². The molecule has 1 heterocycles. The third kappa shape index (κ3) is 2.36. The number of hydrogen-bond acceptors (Lipinski definition) is 3. The fraction of sp³-hybridized carbons (Fsp3) is 0.333. The molecule has 18 heavy (non-hydrogen) atoms. The van der Waals surface area contributed by atoms with Gasteiger partial charge in [-0.1, -0.05) is 30.3 Å². The number of nitrogens with zero attached hydrogens (tertiary/aromatic N) is 1. The van der Waals surface area contributed by atoms with Gasteiger partial charge in [-0.2, -0.15) is 0 Å². The van der Waals surface area contributed by atoms with Crippen molar-refractivity contribution in [1.29, 1.82) is 0 Å². The molecule has 3 heteroatoms. The number of hydrogen-bond donors (Lipinski definition) is 0. The van der Waals surface area contributed by atoms with Crippen LogP contribution in [0.3, 0.4) is 0 Å². The average Bonchev–Trinajstić information content (AvgIpc) is 3.02. The van der Waals surface area contributed by atoms with E-state index in [2.05, 4.69) is 22.5 Å². The van der Waals surface area contributed by atoms with Crippen LogP contribution < -0.4 is 0 Å². The summed E-state index contributed by atoms with van der Waals surface area (Å²) >= 11 is 1.67. The molecule has 2 aromatic rings. The van der Waals surface area contributed by atoms with Crippen LogP contribution in [0.5, 0.6) is 0 Å². The lowest BCUT2D eigenvalue weighted by molar-refractivity contribution is -0.120. The van der Waals surface area contributed by atoms with E-state index in [-0.39, 0.29) is 5.92 Å². The maximum atomic E-state index is 11.6. The van der Waals surface area contributed by atoms with Gasteiger partial charge in [-0.3, -0.25) is 4.79 Å². The molecule has 2 nitrogen and oxygen atoms in total. The Hall–Kier alpha value is -1.48. The van der Waals surface area contributed by atoms with Gasteiger partial charge in [-0.25, -0.2) is 4.98 Å². The van der Waals surface area contributed by atoms with Crippen LogP contribution in [0.15, 0.2) is 35.7 Å². The quantitative estimate of drug-likeness (QED) is 0.838. The summed E-state index contributed by atoms with van der Waals surface area (Å²) in [5.74, 6) is 0.645. The van der Waals surface area contributed by atoms with E-state index in [0.29, 0.717) is 5.78 Å². The van der Waals surface area contributed by atoms with Gasteiger partial charge in [0, 0.05) is 29.7 Å². The highest BCUT2D eigenvalue weighted by Crippen LogP contribution is 2.28. The standard InChI is InChI=1S/C15H15NOS/c17-14-8-4-7-12(14)9-15-16-13(10-18-15)11-5-2-1-3-6-11/h1-3,5-6,10,12H,4,7-9H2. The lowest BCUT2D eigenvalue weighted by Crippen LogP contribution is -2.09. The van der Waals surface area contributed by atoms with Crippen LogP contribution in [0.1, 0.15) is 24.3 Å². The van der Waals surface area contributed by atoms with Crippen LogP contribution in [0.2, 0.25) is 0 Å². The maximum Gasteiger partial charge on any atom is 0.136 e. The first-order valence-corrected chi connectivity index (χ1v) is 7.23. The first-order valence-electron chi connectivity index (χ1n) is 6.35. The Balaban J connectivity index is 1.76. The Kier molecular flexibility index (Phi) is 3.24. The molecule has 0 N–H and O–H groups in total. The molecule has 0 spiro atoms. The summed E-state index contributed by atoms with van der Waals surface area (Å²) in [6.45, 7) is 0. The van der Waals surface area contributed by atoms with Crippen molar-refractivity contribution in [2.24, 2.45) is 5.92 Å². The van der Waals surface area contributed by atoms with Gasteiger partial charge >= 0.3 is 0 Å². The van der Waals surface area contributed by atoms with E-state index in [9.17, 15) is 4.79 Å². The van der Waals surface area contributed by atoms with Gasteiger partial charge in [-0.15, -0.1) is 11.3 Å². The van der Waals surface area contributed by atoms with Crippen molar-refractivity contribution in [2.45, 2.75) is 25.7 Å². The molecule has 1 aromatic heterocycles. The summed E-state index contributed by atoms with van der Waals surface area (Å²) in [6.07, 6.45) is 3.69. The monoisotopic (exact) mass is 257 g/mol. The molecule has 0 radical (unpaired) electrons. The smallest absolute Gasteiger partial charge is 0.136 e. The number of aromatic nitrogens is 1. The van der Waals surface area contributed by atoms with Gasteiger partial charge < -0.3 is 0 Å². The van der Waals surface area contributed by atoms with Gasteiger partial charge in [0.15, 0.2) is 0 Å². The van der Waals surface area contributed by atoms with Crippen LogP contribution in [-0.2, 0) is 11.2 Å². The Morgan fingerprint density at radius 2 is 2.11 bits per heavy atom. The minimum absolute atomic E-state index is 0.222. The Morgan fingerprint density at radius 1 is 1.28 bits per heavy atom. The van der Waals surface area contributed by atoms with E-state index in [1.807, 2.05) is 18.2 Å². The average molecular weight is 257 g/mol. The molecule has 1 aromatic carbocycles. The molecule has 1 aliphatic carbocycles. The molecule has 1 unspecified atom stereocenters. The lowest BCUT2D eigenvalue weighted by atomic mass is 10.0. The van der Waals surface area contributed by atoms with E-state index >= 15 is 0 Å². The van der Waals surface area contributed by atoms with Crippen molar-refractivity contribution >= 4 is 17.1 Å². The molecule has 92 valence electrons. The second-order valence-corrected chi connectivity index (χ2v) is 5.69. The lowest BCUT2D eigenvalue weighted by Gasteiger charge is -2.03. The number of carbonyl (C=O) groups is 1. The first-order chi connectivity index (χ1) is 8.83. The molecular weight excluding hydrogens is 242 g/mol. The summed E-state index contributed by atoms with van der Waals surface area (Å²) in [4.78, 5) is 16.3. The molecule has 1 fully saturated rings. The zero-order valence-electron chi connectivity index (χ0n) is 10.1. The Morgan fingerprint density at radius 3 is 2.83 bits per heavy atom. The zero-order chi connectivity index (χ0) is 12.4. The molecule has 3 rings (SSSR count). The van der Waals surface area contributed by atoms with E-state index in [1.54, 1.807) is 11.3 Å². The largest absolute Gasteiger partial charge is 0.299 e. The molecule has 1 atom stereocenters. The number of Topliss-reactive ketones (excluding diaryl/α,β-unsaturated/α-hetero) is 1. The van der Waals surface area contributed by atoms with Crippen LogP contribution in [-0.4, -0.2) is 10.8 Å². The highest BCUT2D eigenvalue weighted by molar-refractivity contribution is 7.09. The molecule has 0 aliphatic heterocycles. The van der Waals surface area contributed by atoms with Crippen molar-refractivity contribution in [3.63, 3.8) is 0 Å². The second kappa shape index (κ2) is 5.02. The summed E-state index contributed by atoms with van der Waals surface area (Å²) in [7, 11) is 0. The predicted molar refractivity (Wildman–Crippen MR) is 73.6 cm³/mol. The van der Waals surface area contributed by atoms with Gasteiger partial charge in [0.2, 0.25) is 0 Å². The fourth-order valence-corrected chi connectivity index (χ4v) is 3.35. The van der Waals surface area contributed by atoms with Crippen LogP contribution >= 0.6 is 11.3 Å². The topological polar surface area (TPSA) is 30.0 Å². The van der Waals surface area contributed by atoms with Gasteiger partial charge in [-0.05, 0) is 12.8 Å². The number of benzene rings is 1. The first kappa shape index (κ1) is 11.6. The van der Waals surface area contributed by atoms with E-state index in [4.69, 9.17) is 0 Å². The Labute approximate surface area is 111 Å². The molecule has 0 bridgehead atoms. The summed E-state index contributed by atoms with van der Waals surface area (Å²) in [5, 5.41) is 3.18. The van der Waals surface area contributed by atoms with Gasteiger partial charge in [0.05, 0.1) is 10.7 Å². The molecule has 0 saturated heterocycles. The van der Waals surface area contributed by atoms with Gasteiger partial charge in [0.1, 0.15) is 5.78 Å². The fourth-order valence-electron chi connectivity index (χ4n) is 2.46. The minimum Gasteiger partial charge on any atom is -0.299 e. The number of carbonyl (C=O) groups excluding carboxylic acids is 1. The van der Waals surface area contributed by atoms with E-state index in [0.717, 1.165) is 41.9 Å². The minimum atomic E-state index is 0.222. The second-order valence-electron chi connectivity index (χ2n) is 4.75. The molecule has 1 saturated carbocycles. The molecule has 1 aliphatic rings. The SMILES string of the molecule is O=C1CCCC1Cc1nc(-c2ccccc2)cs1. The summed E-state index contributed by atoms with van der Waals surface area (Å²) in [6, 6.07) is 10.2. The van der Waals surface area contributed by atoms with Crippen molar-refractivity contribution in [3.8, 4) is 11.3 Å². The van der Waals surface area contributed by atoms with Crippen LogP contribution in [0.25, 0.3) is 11.3 Å². The normalized spacial score (nSPS) is 19.3. The number of rotatable bonds is 3. The van der Waals surface area contributed by atoms with Crippen molar-refractivity contribution in [2.75, 3.05) is 0 Å². The third-order valence-corrected chi connectivity index (χ3v) is 4.34. The van der Waals surface area contributed by atoms with E-state index in [1.165, 1.54) is 0 Å². The van der Waals surface area contributed by atoms with Crippen molar-refractivity contribution in [1.82, 2.24) is 4.98 Å². The van der Waals surface area contributed by atoms with Crippen LogP contribution in [0, 0.1) is 5.92 Å². The summed E-state index contributed by atoms with van der Waals surface area (Å²) < 4.78 is 0. The zero-order valence-corrected chi connectivity index (χ0v) is 11.0. The molecule has 0 amide bonds. The van der Waals surface area contributed by atoms with Crippen molar-refractivity contribution < 1.29 is 4.79 Å². The highest BCUT2D eigenvalue weighted by Gasteiger charge is 2.25.